The lowest BCUT2D eigenvalue weighted by molar-refractivity contribution is -0.153. The van der Waals surface area contributed by atoms with E-state index in [2.05, 4.69) is 6.92 Å². The highest BCUT2D eigenvalue weighted by molar-refractivity contribution is 5.86. The molecule has 1 amide bonds. The number of nitrogens with zero attached hydrogens (tertiary/aromatic N) is 1. The van der Waals surface area contributed by atoms with Crippen LogP contribution in [0.15, 0.2) is 0 Å². The van der Waals surface area contributed by atoms with E-state index in [4.69, 9.17) is 4.74 Å². The van der Waals surface area contributed by atoms with Gasteiger partial charge in [-0.2, -0.15) is 0 Å². The van der Waals surface area contributed by atoms with E-state index in [0.29, 0.717) is 12.5 Å². The largest absolute Gasteiger partial charge is 0.467 e. The Morgan fingerprint density at radius 2 is 1.83 bits per heavy atom. The fraction of sp³-hybridized carbons (Fsp3) is 0.857. The van der Waals surface area contributed by atoms with E-state index in [-0.39, 0.29) is 23.8 Å². The highest BCUT2D eigenvalue weighted by Gasteiger charge is 2.39. The van der Waals surface area contributed by atoms with Crippen molar-refractivity contribution in [3.05, 3.63) is 0 Å². The maximum absolute atomic E-state index is 12.6. The van der Waals surface area contributed by atoms with Gasteiger partial charge in [0.15, 0.2) is 0 Å². The number of esters is 1. The van der Waals surface area contributed by atoms with Crippen molar-refractivity contribution in [2.75, 3.05) is 13.7 Å². The number of hydrogen-bond acceptors (Lipinski definition) is 3. The van der Waals surface area contributed by atoms with Crippen LogP contribution in [-0.2, 0) is 14.3 Å². The Labute approximate surface area is 109 Å². The molecule has 3 atom stereocenters. The third-order valence-electron chi connectivity index (χ3n) is 4.44. The summed E-state index contributed by atoms with van der Waals surface area (Å²) in [4.78, 5) is 26.0. The molecule has 4 heteroatoms. The van der Waals surface area contributed by atoms with Crippen molar-refractivity contribution < 1.29 is 14.3 Å². The first kappa shape index (κ1) is 13.4. The van der Waals surface area contributed by atoms with Crippen molar-refractivity contribution in [3.8, 4) is 0 Å². The summed E-state index contributed by atoms with van der Waals surface area (Å²) in [5, 5.41) is 0. The molecule has 2 rings (SSSR count). The van der Waals surface area contributed by atoms with Crippen molar-refractivity contribution in [2.45, 2.75) is 51.5 Å². The lowest BCUT2D eigenvalue weighted by Gasteiger charge is -2.33. The smallest absolute Gasteiger partial charge is 0.328 e. The Morgan fingerprint density at radius 1 is 1.11 bits per heavy atom. The Balaban J connectivity index is 2.05. The summed E-state index contributed by atoms with van der Waals surface area (Å²) < 4.78 is 4.80. The fourth-order valence-corrected chi connectivity index (χ4v) is 3.31. The number of carbonyl (C=O) groups excluding carboxylic acids is 2. The molecule has 18 heavy (non-hydrogen) atoms. The second-order valence-corrected chi connectivity index (χ2v) is 5.58. The van der Waals surface area contributed by atoms with E-state index in [9.17, 15) is 9.59 Å². The minimum absolute atomic E-state index is 0.115. The van der Waals surface area contributed by atoms with Crippen LogP contribution in [0.4, 0.5) is 0 Å². The molecule has 1 heterocycles. The predicted molar refractivity (Wildman–Crippen MR) is 67.9 cm³/mol. The molecular weight excluding hydrogens is 230 g/mol. The van der Waals surface area contributed by atoms with Gasteiger partial charge in [0.1, 0.15) is 6.04 Å². The zero-order valence-corrected chi connectivity index (χ0v) is 11.4. The van der Waals surface area contributed by atoms with Crippen LogP contribution in [0.5, 0.6) is 0 Å². The minimum atomic E-state index is -0.336. The number of hydrogen-bond donors (Lipinski definition) is 0. The summed E-state index contributed by atoms with van der Waals surface area (Å²) in [6.07, 6.45) is 6.13. The molecule has 1 saturated carbocycles. The van der Waals surface area contributed by atoms with Crippen LogP contribution in [0.2, 0.25) is 0 Å². The average molecular weight is 253 g/mol. The zero-order valence-electron chi connectivity index (χ0n) is 11.4. The van der Waals surface area contributed by atoms with Crippen LogP contribution in [0.25, 0.3) is 0 Å². The predicted octanol–water partition coefficient (Wildman–Crippen LogP) is 1.98. The van der Waals surface area contributed by atoms with Crippen LogP contribution < -0.4 is 0 Å². The molecule has 0 aromatic carbocycles. The van der Waals surface area contributed by atoms with E-state index in [1.165, 1.54) is 13.5 Å². The maximum atomic E-state index is 12.6. The molecule has 102 valence electrons. The minimum Gasteiger partial charge on any atom is -0.467 e. The third kappa shape index (κ3) is 2.52. The Hall–Kier alpha value is -1.06. The SMILES string of the molecule is COC(=O)[C@@H]1CCCN1C(=O)[C@@H]1CCCC[C@@H]1C. The molecule has 0 spiro atoms. The number of amides is 1. The number of methoxy groups -OCH3 is 1. The zero-order chi connectivity index (χ0) is 13.1. The first-order valence-electron chi connectivity index (χ1n) is 7.03. The molecule has 0 bridgehead atoms. The molecule has 0 aromatic rings. The van der Waals surface area contributed by atoms with E-state index in [0.717, 1.165) is 32.1 Å². The van der Waals surface area contributed by atoms with Gasteiger partial charge < -0.3 is 9.64 Å². The first-order chi connectivity index (χ1) is 8.65. The van der Waals surface area contributed by atoms with Crippen LogP contribution in [0, 0.1) is 11.8 Å². The Kier molecular flexibility index (Phi) is 4.25. The van der Waals surface area contributed by atoms with Gasteiger partial charge in [0.2, 0.25) is 5.91 Å². The summed E-state index contributed by atoms with van der Waals surface area (Å²) in [6, 6.07) is -0.336. The van der Waals surface area contributed by atoms with Crippen LogP contribution >= 0.6 is 0 Å². The maximum Gasteiger partial charge on any atom is 0.328 e. The van der Waals surface area contributed by atoms with Gasteiger partial charge in [-0.25, -0.2) is 4.79 Å². The quantitative estimate of drug-likeness (QED) is 0.707. The highest BCUT2D eigenvalue weighted by Crippen LogP contribution is 2.33. The van der Waals surface area contributed by atoms with Crippen LogP contribution in [-0.4, -0.2) is 36.5 Å². The van der Waals surface area contributed by atoms with E-state index >= 15 is 0 Å². The highest BCUT2D eigenvalue weighted by atomic mass is 16.5. The van der Waals surface area contributed by atoms with Crippen molar-refractivity contribution in [1.82, 2.24) is 4.90 Å². The molecule has 1 aliphatic heterocycles. The van der Waals surface area contributed by atoms with Gasteiger partial charge in [0, 0.05) is 12.5 Å². The van der Waals surface area contributed by atoms with Crippen LogP contribution in [0.3, 0.4) is 0 Å². The van der Waals surface area contributed by atoms with Gasteiger partial charge >= 0.3 is 5.97 Å². The van der Waals surface area contributed by atoms with Gasteiger partial charge in [0.05, 0.1) is 7.11 Å². The molecule has 2 aliphatic rings. The number of ether oxygens (including phenoxy) is 1. The van der Waals surface area contributed by atoms with Gasteiger partial charge in [-0.15, -0.1) is 0 Å². The topological polar surface area (TPSA) is 46.6 Å². The fourth-order valence-electron chi connectivity index (χ4n) is 3.31. The third-order valence-corrected chi connectivity index (χ3v) is 4.44. The molecule has 0 unspecified atom stereocenters. The van der Waals surface area contributed by atoms with Crippen molar-refractivity contribution in [2.24, 2.45) is 11.8 Å². The van der Waals surface area contributed by atoms with Gasteiger partial charge in [-0.05, 0) is 31.6 Å². The van der Waals surface area contributed by atoms with Crippen molar-refractivity contribution in [3.63, 3.8) is 0 Å². The monoisotopic (exact) mass is 253 g/mol. The van der Waals surface area contributed by atoms with E-state index < -0.39 is 0 Å². The van der Waals surface area contributed by atoms with Gasteiger partial charge in [-0.1, -0.05) is 19.8 Å². The van der Waals surface area contributed by atoms with Crippen molar-refractivity contribution in [1.29, 1.82) is 0 Å². The second kappa shape index (κ2) is 5.72. The summed E-state index contributed by atoms with van der Waals surface area (Å²) in [7, 11) is 1.40. The Morgan fingerprint density at radius 3 is 2.50 bits per heavy atom. The van der Waals surface area contributed by atoms with Crippen molar-refractivity contribution >= 4 is 11.9 Å². The lowest BCUT2D eigenvalue weighted by atomic mass is 9.79. The first-order valence-corrected chi connectivity index (χ1v) is 7.03. The van der Waals surface area contributed by atoms with E-state index in [1.54, 1.807) is 4.90 Å². The molecule has 2 fully saturated rings. The van der Waals surface area contributed by atoms with Gasteiger partial charge in [0.25, 0.3) is 0 Å². The summed E-state index contributed by atoms with van der Waals surface area (Å²) in [5.41, 5.74) is 0. The molecule has 1 aliphatic carbocycles. The standard InChI is InChI=1S/C14H23NO3/c1-10-6-3-4-7-11(10)13(16)15-9-5-8-12(15)14(17)18-2/h10-12H,3-9H2,1-2H3/t10-,11+,12-/m0/s1. The van der Waals surface area contributed by atoms with E-state index in [1.807, 2.05) is 0 Å². The number of rotatable bonds is 2. The summed E-state index contributed by atoms with van der Waals surface area (Å²) in [5.74, 6) is 0.480. The molecule has 1 saturated heterocycles. The average Bonchev–Trinajstić information content (AvgIpc) is 2.86. The summed E-state index contributed by atoms with van der Waals surface area (Å²) in [6.45, 7) is 2.87. The molecule has 0 N–H and O–H groups in total. The summed E-state index contributed by atoms with van der Waals surface area (Å²) >= 11 is 0. The normalized spacial score (nSPS) is 32.3. The Bertz CT molecular complexity index is 329. The second-order valence-electron chi connectivity index (χ2n) is 5.58. The van der Waals surface area contributed by atoms with Gasteiger partial charge in [-0.3, -0.25) is 4.79 Å². The van der Waals surface area contributed by atoms with Crippen LogP contribution in [0.1, 0.15) is 45.4 Å². The molecule has 0 radical (unpaired) electrons. The lowest BCUT2D eigenvalue weighted by Crippen LogP contribution is -2.45. The molecular formula is C14H23NO3. The molecule has 0 aromatic heterocycles. The number of likely N-dealkylation sites (tertiary alicyclic amines) is 1. The number of carbonyl (C=O) groups is 2. The molecule has 4 nitrogen and oxygen atoms in total.